The van der Waals surface area contributed by atoms with E-state index in [1.807, 2.05) is 0 Å². The Morgan fingerprint density at radius 2 is 2.00 bits per heavy atom. The molecule has 70 valence electrons. The molecular formula is C9H12N2O2. The summed E-state index contributed by atoms with van der Waals surface area (Å²) in [5, 5.41) is 2.79. The van der Waals surface area contributed by atoms with Crippen LogP contribution in [0.2, 0.25) is 0 Å². The van der Waals surface area contributed by atoms with Crippen LogP contribution < -0.4 is 5.32 Å². The number of nitrogens with one attached hydrogen (secondary N) is 1. The highest BCUT2D eigenvalue weighted by atomic mass is 16.2. The van der Waals surface area contributed by atoms with Crippen molar-refractivity contribution in [1.82, 2.24) is 10.2 Å². The van der Waals surface area contributed by atoms with Gasteiger partial charge in [0.05, 0.1) is 0 Å². The molecule has 1 spiro atoms. The Morgan fingerprint density at radius 1 is 1.31 bits per heavy atom. The molecule has 0 bridgehead atoms. The third-order valence-corrected chi connectivity index (χ3v) is 3.38. The predicted molar refractivity (Wildman–Crippen MR) is 45.0 cm³/mol. The van der Waals surface area contributed by atoms with Gasteiger partial charge < -0.3 is 5.32 Å². The minimum Gasteiger partial charge on any atom is -0.323 e. The summed E-state index contributed by atoms with van der Waals surface area (Å²) in [5.74, 6) is 0.0298. The second-order valence-corrected chi connectivity index (χ2v) is 4.27. The van der Waals surface area contributed by atoms with Crippen LogP contribution in [0.1, 0.15) is 32.1 Å². The molecule has 3 aliphatic rings. The summed E-state index contributed by atoms with van der Waals surface area (Å²) >= 11 is 0. The quantitative estimate of drug-likeness (QED) is 0.601. The minimum absolute atomic E-state index is 0.0298. The molecule has 1 N–H and O–H groups in total. The first-order valence-electron chi connectivity index (χ1n) is 4.89. The smallest absolute Gasteiger partial charge is 0.323 e. The summed E-state index contributed by atoms with van der Waals surface area (Å²) in [5.41, 5.74) is -0.452. The van der Waals surface area contributed by atoms with Crippen LogP contribution in [-0.2, 0) is 4.79 Å². The Morgan fingerprint density at radius 3 is 2.38 bits per heavy atom. The Labute approximate surface area is 76.3 Å². The largest absolute Gasteiger partial charge is 0.325 e. The van der Waals surface area contributed by atoms with Gasteiger partial charge in [0.25, 0.3) is 5.91 Å². The van der Waals surface area contributed by atoms with Gasteiger partial charge in [0.1, 0.15) is 5.54 Å². The van der Waals surface area contributed by atoms with Crippen molar-refractivity contribution >= 4 is 11.9 Å². The van der Waals surface area contributed by atoms with Crippen molar-refractivity contribution in [3.8, 4) is 0 Å². The average Bonchev–Trinajstić information content (AvgIpc) is 2.71. The van der Waals surface area contributed by atoms with E-state index in [2.05, 4.69) is 5.32 Å². The Kier molecular flexibility index (Phi) is 1.16. The number of nitrogens with zero attached hydrogens (tertiary/aromatic N) is 1. The molecular weight excluding hydrogens is 168 g/mol. The lowest BCUT2D eigenvalue weighted by atomic mass is 9.91. The lowest BCUT2D eigenvalue weighted by Gasteiger charge is -2.32. The Hall–Kier alpha value is -1.06. The molecule has 3 rings (SSSR count). The van der Waals surface area contributed by atoms with Crippen molar-refractivity contribution < 1.29 is 9.59 Å². The van der Waals surface area contributed by atoms with Gasteiger partial charge in [-0.25, -0.2) is 4.79 Å². The molecule has 1 saturated heterocycles. The lowest BCUT2D eigenvalue weighted by molar-refractivity contribution is -0.131. The number of hydrogen-bond acceptors (Lipinski definition) is 2. The first-order chi connectivity index (χ1) is 6.23. The molecule has 0 aromatic rings. The molecule has 4 heteroatoms. The van der Waals surface area contributed by atoms with Gasteiger partial charge in [0.15, 0.2) is 0 Å². The van der Waals surface area contributed by atoms with E-state index < -0.39 is 5.54 Å². The van der Waals surface area contributed by atoms with Gasteiger partial charge in [-0.05, 0) is 32.1 Å². The maximum Gasteiger partial charge on any atom is 0.325 e. The van der Waals surface area contributed by atoms with E-state index in [1.54, 1.807) is 0 Å². The lowest BCUT2D eigenvalue weighted by Crippen LogP contribution is -2.44. The number of urea groups is 1. The zero-order valence-electron chi connectivity index (χ0n) is 7.38. The summed E-state index contributed by atoms with van der Waals surface area (Å²) in [6.07, 6.45) is 4.81. The van der Waals surface area contributed by atoms with Crippen LogP contribution in [0.25, 0.3) is 0 Å². The highest BCUT2D eigenvalue weighted by molar-refractivity contribution is 6.09. The van der Waals surface area contributed by atoms with Gasteiger partial charge >= 0.3 is 6.03 Å². The monoisotopic (exact) mass is 180 g/mol. The first-order valence-corrected chi connectivity index (χ1v) is 4.89. The number of rotatable bonds is 1. The van der Waals surface area contributed by atoms with Gasteiger partial charge in [-0.1, -0.05) is 0 Å². The molecule has 4 nitrogen and oxygen atoms in total. The van der Waals surface area contributed by atoms with Gasteiger partial charge in [0.2, 0.25) is 0 Å². The van der Waals surface area contributed by atoms with Crippen LogP contribution >= 0.6 is 0 Å². The molecule has 1 aliphatic heterocycles. The molecule has 0 radical (unpaired) electrons. The van der Waals surface area contributed by atoms with Crippen LogP contribution in [0.15, 0.2) is 0 Å². The first kappa shape index (κ1) is 7.35. The Bertz CT molecular complexity index is 292. The summed E-state index contributed by atoms with van der Waals surface area (Å²) in [6, 6.07) is 0.0414. The van der Waals surface area contributed by atoms with Crippen molar-refractivity contribution in [3.63, 3.8) is 0 Å². The standard InChI is InChI=1S/C9H12N2O2/c12-7-9(4-5-9)10-8(13)11(7)6-2-1-3-6/h6H,1-5H2,(H,10,13). The molecule has 3 fully saturated rings. The highest BCUT2D eigenvalue weighted by Crippen LogP contribution is 2.43. The van der Waals surface area contributed by atoms with Gasteiger partial charge in [-0.3, -0.25) is 9.69 Å². The van der Waals surface area contributed by atoms with Crippen LogP contribution in [0.3, 0.4) is 0 Å². The van der Waals surface area contributed by atoms with Crippen LogP contribution in [0.4, 0.5) is 4.79 Å². The number of imide groups is 1. The summed E-state index contributed by atoms with van der Waals surface area (Å²) in [4.78, 5) is 24.7. The molecule has 2 aliphatic carbocycles. The Balaban J connectivity index is 1.86. The highest BCUT2D eigenvalue weighted by Gasteiger charge is 2.61. The third kappa shape index (κ3) is 0.806. The van der Waals surface area contributed by atoms with Gasteiger partial charge in [0, 0.05) is 6.04 Å². The maximum atomic E-state index is 11.8. The fraction of sp³-hybridized carbons (Fsp3) is 0.778. The van der Waals surface area contributed by atoms with Crippen molar-refractivity contribution in [1.29, 1.82) is 0 Å². The fourth-order valence-corrected chi connectivity index (χ4v) is 2.08. The van der Waals surface area contributed by atoms with Gasteiger partial charge in [-0.15, -0.1) is 0 Å². The molecule has 0 unspecified atom stereocenters. The molecule has 0 aromatic carbocycles. The average molecular weight is 180 g/mol. The fourth-order valence-electron chi connectivity index (χ4n) is 2.08. The van der Waals surface area contributed by atoms with E-state index in [-0.39, 0.29) is 18.0 Å². The zero-order chi connectivity index (χ0) is 9.05. The molecule has 1 heterocycles. The number of hydrogen-bond donors (Lipinski definition) is 1. The van der Waals surface area contributed by atoms with Crippen LogP contribution in [-0.4, -0.2) is 28.4 Å². The maximum absolute atomic E-state index is 11.8. The van der Waals surface area contributed by atoms with E-state index in [4.69, 9.17) is 0 Å². The molecule has 13 heavy (non-hydrogen) atoms. The number of amides is 3. The summed E-state index contributed by atoms with van der Waals surface area (Å²) in [7, 11) is 0. The summed E-state index contributed by atoms with van der Waals surface area (Å²) < 4.78 is 0. The van der Waals surface area contributed by atoms with Crippen molar-refractivity contribution in [2.24, 2.45) is 0 Å². The van der Waals surface area contributed by atoms with E-state index in [9.17, 15) is 9.59 Å². The molecule has 0 aromatic heterocycles. The zero-order valence-corrected chi connectivity index (χ0v) is 7.38. The van der Waals surface area contributed by atoms with Crippen molar-refractivity contribution in [3.05, 3.63) is 0 Å². The van der Waals surface area contributed by atoms with Crippen molar-refractivity contribution in [2.75, 3.05) is 0 Å². The second-order valence-electron chi connectivity index (χ2n) is 4.27. The topological polar surface area (TPSA) is 49.4 Å². The minimum atomic E-state index is -0.452. The third-order valence-electron chi connectivity index (χ3n) is 3.38. The van der Waals surface area contributed by atoms with E-state index >= 15 is 0 Å². The van der Waals surface area contributed by atoms with Gasteiger partial charge in [-0.2, -0.15) is 0 Å². The number of carbonyl (C=O) groups excluding carboxylic acids is 2. The second kappa shape index (κ2) is 2.05. The van der Waals surface area contributed by atoms with Crippen LogP contribution in [0, 0.1) is 0 Å². The predicted octanol–water partition coefficient (Wildman–Crippen LogP) is 0.623. The summed E-state index contributed by atoms with van der Waals surface area (Å²) in [6.45, 7) is 0. The van der Waals surface area contributed by atoms with Crippen LogP contribution in [0.5, 0.6) is 0 Å². The van der Waals surface area contributed by atoms with Crippen molar-refractivity contribution in [2.45, 2.75) is 43.7 Å². The van der Waals surface area contributed by atoms with E-state index in [0.717, 1.165) is 32.1 Å². The van der Waals surface area contributed by atoms with E-state index in [1.165, 1.54) is 4.90 Å². The normalized spacial score (nSPS) is 30.6. The SMILES string of the molecule is O=C1NC2(CC2)C(=O)N1C1CCC1. The number of carbonyl (C=O) groups is 2. The molecule has 2 saturated carbocycles. The molecule has 0 atom stereocenters. The van der Waals surface area contributed by atoms with E-state index in [0.29, 0.717) is 0 Å². The molecule has 3 amide bonds.